The van der Waals surface area contributed by atoms with E-state index >= 15 is 0 Å². The summed E-state index contributed by atoms with van der Waals surface area (Å²) in [5.74, 6) is -1.03. The molecule has 2 heterocycles. The average molecular weight is 301 g/mol. The highest BCUT2D eigenvalue weighted by molar-refractivity contribution is 7.88. The smallest absolute Gasteiger partial charge is 0.256 e. The number of carbonyl (C=O) groups is 1. The van der Waals surface area contributed by atoms with Crippen LogP contribution in [0, 0.1) is 5.82 Å². The van der Waals surface area contributed by atoms with Gasteiger partial charge in [0.05, 0.1) is 18.0 Å². The highest BCUT2D eigenvalue weighted by Gasteiger charge is 2.26. The van der Waals surface area contributed by atoms with E-state index in [4.69, 9.17) is 0 Å². The van der Waals surface area contributed by atoms with Crippen LogP contribution in [0.25, 0.3) is 0 Å². The number of nitrogens with one attached hydrogen (secondary N) is 1. The lowest BCUT2D eigenvalue weighted by Crippen LogP contribution is -2.46. The third-order valence-corrected chi connectivity index (χ3v) is 3.93. The fraction of sp³-hybridized carbons (Fsp3) is 0.500. The molecule has 1 fully saturated rings. The van der Waals surface area contributed by atoms with Gasteiger partial charge in [0.2, 0.25) is 10.0 Å². The number of aromatic nitrogens is 1. The van der Waals surface area contributed by atoms with Crippen LogP contribution in [0.15, 0.2) is 18.5 Å². The molecular formula is C12H16FN3O3S. The van der Waals surface area contributed by atoms with E-state index in [0.29, 0.717) is 25.9 Å². The van der Waals surface area contributed by atoms with E-state index in [1.807, 2.05) is 0 Å². The van der Waals surface area contributed by atoms with Gasteiger partial charge in [-0.2, -0.15) is 0 Å². The molecule has 1 N–H and O–H groups in total. The molecule has 0 spiro atoms. The van der Waals surface area contributed by atoms with Crippen molar-refractivity contribution in [3.05, 3.63) is 29.8 Å². The van der Waals surface area contributed by atoms with E-state index in [0.717, 1.165) is 12.5 Å². The Morgan fingerprint density at radius 2 is 2.10 bits per heavy atom. The Balaban J connectivity index is 1.97. The summed E-state index contributed by atoms with van der Waals surface area (Å²) in [7, 11) is -3.24. The molecule has 1 aliphatic heterocycles. The Bertz CT molecular complexity index is 598. The minimum Gasteiger partial charge on any atom is -0.338 e. The monoisotopic (exact) mass is 301 g/mol. The number of nitrogens with zero attached hydrogens (tertiary/aromatic N) is 2. The van der Waals surface area contributed by atoms with Crippen LogP contribution in [0.4, 0.5) is 4.39 Å². The number of rotatable bonds is 3. The quantitative estimate of drug-likeness (QED) is 0.875. The predicted octanol–water partition coefficient (Wildman–Crippen LogP) is 0.375. The highest BCUT2D eigenvalue weighted by atomic mass is 32.2. The van der Waals surface area contributed by atoms with Gasteiger partial charge in [0.1, 0.15) is 0 Å². The van der Waals surface area contributed by atoms with Crippen molar-refractivity contribution in [2.45, 2.75) is 18.9 Å². The highest BCUT2D eigenvalue weighted by Crippen LogP contribution is 2.15. The SMILES string of the molecule is CS(=O)(=O)NC1CCN(C(=O)c2ccncc2F)CC1. The van der Waals surface area contributed by atoms with Gasteiger partial charge in [-0.05, 0) is 18.9 Å². The predicted molar refractivity (Wildman–Crippen MR) is 71.1 cm³/mol. The van der Waals surface area contributed by atoms with Crippen LogP contribution in [0.3, 0.4) is 0 Å². The van der Waals surface area contributed by atoms with Crippen LogP contribution in [0.2, 0.25) is 0 Å². The summed E-state index contributed by atoms with van der Waals surface area (Å²) in [5, 5.41) is 0. The minimum atomic E-state index is -3.24. The van der Waals surface area contributed by atoms with Crippen LogP contribution in [-0.4, -0.2) is 49.6 Å². The molecule has 1 amide bonds. The van der Waals surface area contributed by atoms with Crippen molar-refractivity contribution >= 4 is 15.9 Å². The lowest BCUT2D eigenvalue weighted by atomic mass is 10.1. The molecule has 0 aromatic carbocycles. The summed E-state index contributed by atoms with van der Waals surface area (Å²) >= 11 is 0. The number of amides is 1. The third kappa shape index (κ3) is 3.73. The van der Waals surface area contributed by atoms with Gasteiger partial charge in [0.15, 0.2) is 5.82 Å². The van der Waals surface area contributed by atoms with Crippen LogP contribution in [-0.2, 0) is 10.0 Å². The molecule has 0 bridgehead atoms. The van der Waals surface area contributed by atoms with Crippen LogP contribution >= 0.6 is 0 Å². The number of likely N-dealkylation sites (tertiary alicyclic amines) is 1. The molecule has 2 rings (SSSR count). The van der Waals surface area contributed by atoms with E-state index in [1.54, 1.807) is 0 Å². The average Bonchev–Trinajstić information content (AvgIpc) is 2.37. The topological polar surface area (TPSA) is 79.4 Å². The van der Waals surface area contributed by atoms with E-state index in [2.05, 4.69) is 9.71 Å². The van der Waals surface area contributed by atoms with Crippen molar-refractivity contribution in [1.29, 1.82) is 0 Å². The summed E-state index contributed by atoms with van der Waals surface area (Å²) < 4.78 is 38.3. The molecular weight excluding hydrogens is 285 g/mol. The van der Waals surface area contributed by atoms with Crippen LogP contribution < -0.4 is 4.72 Å². The second-order valence-electron chi connectivity index (χ2n) is 4.81. The van der Waals surface area contributed by atoms with Gasteiger partial charge >= 0.3 is 0 Å². The maximum atomic E-state index is 13.5. The molecule has 0 unspecified atom stereocenters. The summed E-state index contributed by atoms with van der Waals surface area (Å²) in [6, 6.07) is 1.18. The van der Waals surface area contributed by atoms with Crippen molar-refractivity contribution in [3.63, 3.8) is 0 Å². The van der Waals surface area contributed by atoms with Crippen molar-refractivity contribution < 1.29 is 17.6 Å². The summed E-state index contributed by atoms with van der Waals surface area (Å²) in [6.45, 7) is 0.793. The molecule has 0 atom stereocenters. The van der Waals surface area contributed by atoms with Crippen molar-refractivity contribution in [3.8, 4) is 0 Å². The largest absolute Gasteiger partial charge is 0.338 e. The van der Waals surface area contributed by atoms with Gasteiger partial charge in [-0.1, -0.05) is 0 Å². The number of halogens is 1. The lowest BCUT2D eigenvalue weighted by Gasteiger charge is -2.32. The lowest BCUT2D eigenvalue weighted by molar-refractivity contribution is 0.0706. The van der Waals surface area contributed by atoms with Gasteiger partial charge in [-0.15, -0.1) is 0 Å². The normalized spacial score (nSPS) is 17.2. The fourth-order valence-corrected chi connectivity index (χ4v) is 3.06. The molecule has 1 saturated heterocycles. The molecule has 8 heteroatoms. The number of hydrogen-bond donors (Lipinski definition) is 1. The first-order valence-corrected chi connectivity index (χ1v) is 8.12. The second-order valence-corrected chi connectivity index (χ2v) is 6.59. The Labute approximate surface area is 117 Å². The number of piperidine rings is 1. The molecule has 0 saturated carbocycles. The zero-order chi connectivity index (χ0) is 14.8. The van der Waals surface area contributed by atoms with Crippen molar-refractivity contribution in [1.82, 2.24) is 14.6 Å². The Morgan fingerprint density at radius 3 is 2.65 bits per heavy atom. The number of hydrogen-bond acceptors (Lipinski definition) is 4. The molecule has 1 aliphatic rings. The summed E-state index contributed by atoms with van der Waals surface area (Å²) in [5.41, 5.74) is -0.00507. The molecule has 1 aromatic heterocycles. The molecule has 1 aromatic rings. The molecule has 6 nitrogen and oxygen atoms in total. The number of sulfonamides is 1. The molecule has 20 heavy (non-hydrogen) atoms. The fourth-order valence-electron chi connectivity index (χ4n) is 2.22. The van der Waals surface area contributed by atoms with Gasteiger partial charge in [0, 0.05) is 25.3 Å². The van der Waals surface area contributed by atoms with Gasteiger partial charge < -0.3 is 4.90 Å². The van der Waals surface area contributed by atoms with Crippen LogP contribution in [0.5, 0.6) is 0 Å². The number of carbonyl (C=O) groups excluding carboxylic acids is 1. The van der Waals surface area contributed by atoms with Gasteiger partial charge in [0.25, 0.3) is 5.91 Å². The first-order valence-electron chi connectivity index (χ1n) is 6.23. The molecule has 0 radical (unpaired) electrons. The minimum absolute atomic E-state index is 0.00507. The van der Waals surface area contributed by atoms with Crippen molar-refractivity contribution in [2.75, 3.05) is 19.3 Å². The zero-order valence-electron chi connectivity index (χ0n) is 11.0. The van der Waals surface area contributed by atoms with E-state index in [-0.39, 0.29) is 17.5 Å². The second kappa shape index (κ2) is 5.84. The Hall–Kier alpha value is -1.54. The maximum absolute atomic E-state index is 13.5. The summed E-state index contributed by atoms with van der Waals surface area (Å²) in [4.78, 5) is 17.3. The van der Waals surface area contributed by atoms with Gasteiger partial charge in [-0.25, -0.2) is 17.5 Å². The van der Waals surface area contributed by atoms with Crippen LogP contribution in [0.1, 0.15) is 23.2 Å². The van der Waals surface area contributed by atoms with E-state index in [1.165, 1.54) is 17.2 Å². The molecule has 110 valence electrons. The zero-order valence-corrected chi connectivity index (χ0v) is 11.9. The standard InChI is InChI=1S/C12H16FN3O3S/c1-20(18,19)15-9-3-6-16(7-4-9)12(17)10-2-5-14-8-11(10)13/h2,5,8-9,15H,3-4,6-7H2,1H3. The first kappa shape index (κ1) is 14.9. The third-order valence-electron chi connectivity index (χ3n) is 3.17. The van der Waals surface area contributed by atoms with E-state index in [9.17, 15) is 17.6 Å². The summed E-state index contributed by atoms with van der Waals surface area (Å²) in [6.07, 6.45) is 4.52. The number of pyridine rings is 1. The molecule has 0 aliphatic carbocycles. The Morgan fingerprint density at radius 1 is 1.45 bits per heavy atom. The first-order chi connectivity index (χ1) is 9.37. The van der Waals surface area contributed by atoms with E-state index < -0.39 is 15.8 Å². The maximum Gasteiger partial charge on any atom is 0.256 e. The Kier molecular flexibility index (Phi) is 4.34. The van der Waals surface area contributed by atoms with Crippen molar-refractivity contribution in [2.24, 2.45) is 0 Å². The van der Waals surface area contributed by atoms with Gasteiger partial charge in [-0.3, -0.25) is 9.78 Å².